The van der Waals surface area contributed by atoms with Gasteiger partial charge in [0.1, 0.15) is 0 Å². The van der Waals surface area contributed by atoms with Crippen LogP contribution in [0.25, 0.3) is 10.9 Å². The third-order valence-electron chi connectivity index (χ3n) is 3.18. The molecule has 0 unspecified atom stereocenters. The second-order valence-corrected chi connectivity index (χ2v) is 5.57. The molecule has 3 rings (SSSR count). The molecule has 6 nitrogen and oxygen atoms in total. The summed E-state index contributed by atoms with van der Waals surface area (Å²) in [5.41, 5.74) is 0.809. The highest BCUT2D eigenvalue weighted by atomic mass is 35.5. The van der Waals surface area contributed by atoms with Crippen LogP contribution in [0.3, 0.4) is 0 Å². The SMILES string of the molecule is O=C(NCc1ccc(Cl)cc1Cl)On1[nH]c2ccccc2c1=O. The molecular formula is C15H11Cl2N3O3. The topological polar surface area (TPSA) is 76.1 Å². The minimum Gasteiger partial charge on any atom is -0.315 e. The predicted octanol–water partition coefficient (Wildman–Crippen LogP) is 2.97. The molecule has 23 heavy (non-hydrogen) atoms. The summed E-state index contributed by atoms with van der Waals surface area (Å²) < 4.78 is 0. The Morgan fingerprint density at radius 1 is 1.22 bits per heavy atom. The van der Waals surface area contributed by atoms with Gasteiger partial charge in [0.15, 0.2) is 0 Å². The maximum Gasteiger partial charge on any atom is 0.433 e. The summed E-state index contributed by atoms with van der Waals surface area (Å²) in [5.74, 6) is 0. The Hall–Kier alpha value is -2.44. The van der Waals surface area contributed by atoms with Crippen molar-refractivity contribution >= 4 is 40.2 Å². The van der Waals surface area contributed by atoms with E-state index < -0.39 is 11.7 Å². The number of hydrogen-bond donors (Lipinski definition) is 2. The van der Waals surface area contributed by atoms with E-state index in [0.717, 1.165) is 4.85 Å². The number of aromatic amines is 1. The van der Waals surface area contributed by atoms with Gasteiger partial charge in [-0.05, 0) is 29.8 Å². The highest BCUT2D eigenvalue weighted by Crippen LogP contribution is 2.20. The summed E-state index contributed by atoms with van der Waals surface area (Å²) >= 11 is 11.8. The molecule has 0 bridgehead atoms. The summed E-state index contributed by atoms with van der Waals surface area (Å²) in [6.07, 6.45) is -0.787. The number of H-pyrrole nitrogens is 1. The van der Waals surface area contributed by atoms with Gasteiger partial charge < -0.3 is 5.32 Å². The number of hydrogen-bond acceptors (Lipinski definition) is 3. The first-order chi connectivity index (χ1) is 11.0. The van der Waals surface area contributed by atoms with Crippen LogP contribution in [0.4, 0.5) is 4.79 Å². The molecule has 0 saturated carbocycles. The summed E-state index contributed by atoms with van der Waals surface area (Å²) in [6, 6.07) is 11.8. The van der Waals surface area contributed by atoms with E-state index in [1.807, 2.05) is 0 Å². The first kappa shape index (κ1) is 15.5. The van der Waals surface area contributed by atoms with Crippen molar-refractivity contribution in [3.63, 3.8) is 0 Å². The van der Waals surface area contributed by atoms with Gasteiger partial charge in [-0.15, -0.1) is 0 Å². The Morgan fingerprint density at radius 2 is 2.00 bits per heavy atom. The molecule has 0 spiro atoms. The molecular weight excluding hydrogens is 341 g/mol. The number of amides is 1. The molecule has 118 valence electrons. The number of rotatable bonds is 3. The van der Waals surface area contributed by atoms with Crippen molar-refractivity contribution in [3.8, 4) is 0 Å². The van der Waals surface area contributed by atoms with Crippen LogP contribution in [0, 0.1) is 0 Å². The van der Waals surface area contributed by atoms with Crippen LogP contribution in [0.1, 0.15) is 5.56 Å². The second-order valence-electron chi connectivity index (χ2n) is 4.72. The zero-order valence-electron chi connectivity index (χ0n) is 11.7. The molecule has 0 aliphatic rings. The van der Waals surface area contributed by atoms with Crippen molar-refractivity contribution in [3.05, 3.63) is 68.4 Å². The Labute approximate surface area is 140 Å². The standard InChI is InChI=1S/C15H11Cl2N3O3/c16-10-6-5-9(12(17)7-10)8-18-15(22)23-20-14(21)11-3-1-2-4-13(11)19-20/h1-7,19H,8H2,(H,18,22). The molecule has 1 amide bonds. The first-order valence-electron chi connectivity index (χ1n) is 6.64. The Balaban J connectivity index is 1.69. The van der Waals surface area contributed by atoms with E-state index >= 15 is 0 Å². The Kier molecular flexibility index (Phi) is 4.27. The third kappa shape index (κ3) is 3.33. The fourth-order valence-electron chi connectivity index (χ4n) is 2.05. The lowest BCUT2D eigenvalue weighted by atomic mass is 10.2. The van der Waals surface area contributed by atoms with Gasteiger partial charge in [0.25, 0.3) is 0 Å². The number of halogens is 2. The molecule has 0 fully saturated rings. The molecule has 0 aliphatic carbocycles. The number of nitrogens with zero attached hydrogens (tertiary/aromatic N) is 1. The van der Waals surface area contributed by atoms with E-state index in [1.165, 1.54) is 0 Å². The zero-order valence-corrected chi connectivity index (χ0v) is 13.2. The molecule has 0 aliphatic heterocycles. The molecule has 8 heteroatoms. The van der Waals surface area contributed by atoms with Crippen molar-refractivity contribution in [1.29, 1.82) is 0 Å². The predicted molar refractivity (Wildman–Crippen MR) is 87.8 cm³/mol. The summed E-state index contributed by atoms with van der Waals surface area (Å²) in [5, 5.41) is 6.57. The van der Waals surface area contributed by atoms with Gasteiger partial charge >= 0.3 is 11.7 Å². The largest absolute Gasteiger partial charge is 0.433 e. The number of aromatic nitrogens is 2. The molecule has 2 aromatic carbocycles. The van der Waals surface area contributed by atoms with Crippen molar-refractivity contribution < 1.29 is 9.63 Å². The Morgan fingerprint density at radius 3 is 2.74 bits per heavy atom. The molecule has 0 saturated heterocycles. The molecule has 0 radical (unpaired) electrons. The lowest BCUT2D eigenvalue weighted by Gasteiger charge is -2.07. The van der Waals surface area contributed by atoms with Crippen molar-refractivity contribution in [1.82, 2.24) is 15.3 Å². The minimum absolute atomic E-state index is 0.143. The number of benzene rings is 2. The zero-order chi connectivity index (χ0) is 16.4. The normalized spacial score (nSPS) is 10.7. The van der Waals surface area contributed by atoms with Crippen LogP contribution in [0.2, 0.25) is 10.0 Å². The van der Waals surface area contributed by atoms with E-state index in [2.05, 4.69) is 10.4 Å². The highest BCUT2D eigenvalue weighted by molar-refractivity contribution is 6.35. The minimum atomic E-state index is -0.787. The van der Waals surface area contributed by atoms with E-state index in [0.29, 0.717) is 26.5 Å². The van der Waals surface area contributed by atoms with Gasteiger partial charge in [-0.1, -0.05) is 46.2 Å². The fraction of sp³-hybridized carbons (Fsp3) is 0.0667. The monoisotopic (exact) mass is 351 g/mol. The van der Waals surface area contributed by atoms with Crippen LogP contribution < -0.4 is 15.7 Å². The van der Waals surface area contributed by atoms with Gasteiger partial charge in [-0.3, -0.25) is 14.7 Å². The summed E-state index contributed by atoms with van der Waals surface area (Å²) in [4.78, 5) is 29.6. The van der Waals surface area contributed by atoms with Gasteiger partial charge in [0, 0.05) is 16.6 Å². The van der Waals surface area contributed by atoms with Crippen LogP contribution >= 0.6 is 23.2 Å². The average molecular weight is 352 g/mol. The Bertz CT molecular complexity index is 933. The molecule has 0 atom stereocenters. The van der Waals surface area contributed by atoms with Crippen molar-refractivity contribution in [2.45, 2.75) is 6.54 Å². The number of carbonyl (C=O) groups is 1. The molecule has 3 aromatic rings. The smallest absolute Gasteiger partial charge is 0.315 e. The maximum atomic E-state index is 12.0. The molecule has 2 N–H and O–H groups in total. The van der Waals surface area contributed by atoms with Gasteiger partial charge in [-0.25, -0.2) is 4.79 Å². The van der Waals surface area contributed by atoms with Crippen molar-refractivity contribution in [2.24, 2.45) is 0 Å². The van der Waals surface area contributed by atoms with Crippen LogP contribution in [0.5, 0.6) is 0 Å². The number of fused-ring (bicyclic) bond motifs is 1. The van der Waals surface area contributed by atoms with Crippen LogP contribution in [-0.2, 0) is 6.54 Å². The van der Waals surface area contributed by atoms with Crippen LogP contribution in [0.15, 0.2) is 47.3 Å². The van der Waals surface area contributed by atoms with Gasteiger partial charge in [-0.2, -0.15) is 0 Å². The quantitative estimate of drug-likeness (QED) is 0.761. The van der Waals surface area contributed by atoms with Gasteiger partial charge in [0.2, 0.25) is 0 Å². The molecule has 1 aromatic heterocycles. The lowest BCUT2D eigenvalue weighted by molar-refractivity contribution is 0.112. The lowest BCUT2D eigenvalue weighted by Crippen LogP contribution is -2.36. The van der Waals surface area contributed by atoms with E-state index in [9.17, 15) is 9.59 Å². The number of nitrogens with one attached hydrogen (secondary N) is 2. The third-order valence-corrected chi connectivity index (χ3v) is 3.76. The van der Waals surface area contributed by atoms with E-state index in [1.54, 1.807) is 42.5 Å². The van der Waals surface area contributed by atoms with Gasteiger partial charge in [0.05, 0.1) is 10.9 Å². The van der Waals surface area contributed by atoms with E-state index in [4.69, 9.17) is 28.0 Å². The summed E-state index contributed by atoms with van der Waals surface area (Å²) in [7, 11) is 0. The second kappa shape index (κ2) is 6.36. The van der Waals surface area contributed by atoms with Crippen LogP contribution in [-0.4, -0.2) is 16.0 Å². The number of carbonyl (C=O) groups excluding carboxylic acids is 1. The maximum absolute atomic E-state index is 12.0. The average Bonchev–Trinajstić information content (AvgIpc) is 2.83. The highest BCUT2D eigenvalue weighted by Gasteiger charge is 2.11. The summed E-state index contributed by atoms with van der Waals surface area (Å²) in [6.45, 7) is 0.143. The van der Waals surface area contributed by atoms with E-state index in [-0.39, 0.29) is 6.54 Å². The fourth-order valence-corrected chi connectivity index (χ4v) is 2.52. The van der Waals surface area contributed by atoms with Crippen molar-refractivity contribution in [2.75, 3.05) is 0 Å². The molecule has 1 heterocycles. The number of para-hydroxylation sites is 1. The first-order valence-corrected chi connectivity index (χ1v) is 7.40.